The van der Waals surface area contributed by atoms with E-state index in [1.165, 1.54) is 0 Å². The van der Waals surface area contributed by atoms with Crippen LogP contribution >= 0.6 is 0 Å². The molecule has 0 unspecified atom stereocenters. The number of imidazole rings is 1. The van der Waals surface area contributed by atoms with Gasteiger partial charge < -0.3 is 16.0 Å². The summed E-state index contributed by atoms with van der Waals surface area (Å²) in [6.07, 6.45) is 7.02. The Kier molecular flexibility index (Phi) is 2.57. The lowest BCUT2D eigenvalue weighted by atomic mass is 10.1. The summed E-state index contributed by atoms with van der Waals surface area (Å²) in [5.74, 6) is 0. The lowest BCUT2D eigenvalue weighted by Gasteiger charge is -2.10. The second-order valence-corrected chi connectivity index (χ2v) is 4.05. The van der Waals surface area contributed by atoms with E-state index in [1.807, 2.05) is 18.2 Å². The fraction of sp³-hybridized carbons (Fsp3) is 0.0769. The molecule has 5 heteroatoms. The van der Waals surface area contributed by atoms with Crippen molar-refractivity contribution < 1.29 is 0 Å². The van der Waals surface area contributed by atoms with Crippen molar-refractivity contribution in [2.24, 2.45) is 0 Å². The van der Waals surface area contributed by atoms with E-state index in [-0.39, 0.29) is 0 Å². The molecule has 4 N–H and O–H groups in total. The third-order valence-corrected chi connectivity index (χ3v) is 2.88. The van der Waals surface area contributed by atoms with Crippen molar-refractivity contribution in [1.82, 2.24) is 15.0 Å². The number of benzene rings is 1. The second kappa shape index (κ2) is 4.37. The molecule has 2 heterocycles. The van der Waals surface area contributed by atoms with Gasteiger partial charge in [0.15, 0.2) is 0 Å². The predicted octanol–water partition coefficient (Wildman–Crippen LogP) is 2.15. The molecular weight excluding hydrogens is 226 g/mol. The van der Waals surface area contributed by atoms with Crippen molar-refractivity contribution in [1.29, 1.82) is 0 Å². The molecule has 3 rings (SSSR count). The molecule has 5 nitrogen and oxygen atoms in total. The summed E-state index contributed by atoms with van der Waals surface area (Å²) in [6, 6.07) is 5.83. The van der Waals surface area contributed by atoms with E-state index in [0.29, 0.717) is 6.54 Å². The predicted molar refractivity (Wildman–Crippen MR) is 72.1 cm³/mol. The van der Waals surface area contributed by atoms with Crippen LogP contribution in [0.1, 0.15) is 5.69 Å². The summed E-state index contributed by atoms with van der Waals surface area (Å²) >= 11 is 0. The average Bonchev–Trinajstić information content (AvgIpc) is 2.92. The highest BCUT2D eigenvalue weighted by molar-refractivity contribution is 6.00. The number of H-pyrrole nitrogens is 1. The molecule has 0 aliphatic carbocycles. The fourth-order valence-corrected chi connectivity index (χ4v) is 1.94. The number of aromatic nitrogens is 3. The Morgan fingerprint density at radius 3 is 2.89 bits per heavy atom. The van der Waals surface area contributed by atoms with Crippen molar-refractivity contribution in [3.05, 3.63) is 48.8 Å². The minimum absolute atomic E-state index is 0.696. The topological polar surface area (TPSA) is 79.6 Å². The second-order valence-electron chi connectivity index (χ2n) is 4.05. The van der Waals surface area contributed by atoms with E-state index in [1.54, 1.807) is 24.9 Å². The molecule has 0 aliphatic rings. The monoisotopic (exact) mass is 239 g/mol. The first-order valence-electron chi connectivity index (χ1n) is 5.68. The number of hydrogen-bond donors (Lipinski definition) is 3. The van der Waals surface area contributed by atoms with Crippen molar-refractivity contribution in [2.45, 2.75) is 6.54 Å². The standard InChI is InChI=1S/C13H13N5/c14-12-1-2-13(10-3-4-15-7-11(10)12)17-6-9-5-16-8-18-9/h1-5,7-8,17H,6,14H2,(H,16,18). The SMILES string of the molecule is Nc1ccc(NCc2cnc[nH]2)c2ccncc12. The molecule has 2 aromatic heterocycles. The lowest BCUT2D eigenvalue weighted by Crippen LogP contribution is -2.01. The molecule has 90 valence electrons. The summed E-state index contributed by atoms with van der Waals surface area (Å²) < 4.78 is 0. The Hall–Kier alpha value is -2.56. The summed E-state index contributed by atoms with van der Waals surface area (Å²) in [4.78, 5) is 11.1. The summed E-state index contributed by atoms with van der Waals surface area (Å²) in [7, 11) is 0. The normalized spacial score (nSPS) is 10.7. The summed E-state index contributed by atoms with van der Waals surface area (Å²) in [5.41, 5.74) is 8.75. The van der Waals surface area contributed by atoms with Gasteiger partial charge in [0, 0.05) is 40.7 Å². The molecule has 1 aromatic carbocycles. The van der Waals surface area contributed by atoms with Crippen LogP contribution in [0.3, 0.4) is 0 Å². The zero-order chi connectivity index (χ0) is 12.4. The number of nitrogens with two attached hydrogens (primary N) is 1. The Balaban J connectivity index is 1.94. The molecule has 18 heavy (non-hydrogen) atoms. The molecule has 0 bridgehead atoms. The quantitative estimate of drug-likeness (QED) is 0.612. The van der Waals surface area contributed by atoms with E-state index in [9.17, 15) is 0 Å². The minimum Gasteiger partial charge on any atom is -0.398 e. The number of anilines is 2. The average molecular weight is 239 g/mol. The van der Waals surface area contributed by atoms with E-state index < -0.39 is 0 Å². The van der Waals surface area contributed by atoms with Crippen LogP contribution < -0.4 is 11.1 Å². The van der Waals surface area contributed by atoms with Crippen LogP contribution in [0.2, 0.25) is 0 Å². The van der Waals surface area contributed by atoms with Crippen LogP contribution in [0.5, 0.6) is 0 Å². The van der Waals surface area contributed by atoms with Crippen molar-refractivity contribution in [2.75, 3.05) is 11.1 Å². The smallest absolute Gasteiger partial charge is 0.0922 e. The number of nitrogens with one attached hydrogen (secondary N) is 2. The Morgan fingerprint density at radius 2 is 2.06 bits per heavy atom. The first-order chi connectivity index (χ1) is 8.84. The maximum absolute atomic E-state index is 5.93. The van der Waals surface area contributed by atoms with E-state index in [4.69, 9.17) is 5.73 Å². The maximum Gasteiger partial charge on any atom is 0.0922 e. The maximum atomic E-state index is 5.93. The highest BCUT2D eigenvalue weighted by Gasteiger charge is 2.04. The molecule has 0 aliphatic heterocycles. The summed E-state index contributed by atoms with van der Waals surface area (Å²) in [5, 5.41) is 5.40. The van der Waals surface area contributed by atoms with Crippen molar-refractivity contribution >= 4 is 22.1 Å². The van der Waals surface area contributed by atoms with Gasteiger partial charge in [-0.2, -0.15) is 0 Å². The van der Waals surface area contributed by atoms with Gasteiger partial charge in [-0.15, -0.1) is 0 Å². The van der Waals surface area contributed by atoms with E-state index >= 15 is 0 Å². The zero-order valence-electron chi connectivity index (χ0n) is 9.72. The highest BCUT2D eigenvalue weighted by atomic mass is 14.9. The first kappa shape index (κ1) is 10.6. The molecule has 0 amide bonds. The minimum atomic E-state index is 0.696. The Morgan fingerprint density at radius 1 is 1.11 bits per heavy atom. The van der Waals surface area contributed by atoms with Gasteiger partial charge in [0.25, 0.3) is 0 Å². The molecule has 0 radical (unpaired) electrons. The van der Waals surface area contributed by atoms with Crippen molar-refractivity contribution in [3.63, 3.8) is 0 Å². The molecule has 0 saturated heterocycles. The van der Waals surface area contributed by atoms with Crippen LogP contribution in [0.4, 0.5) is 11.4 Å². The van der Waals surface area contributed by atoms with Crippen LogP contribution in [-0.4, -0.2) is 15.0 Å². The van der Waals surface area contributed by atoms with Gasteiger partial charge in [0.1, 0.15) is 0 Å². The molecule has 3 aromatic rings. The number of nitrogens with zero attached hydrogens (tertiary/aromatic N) is 2. The van der Waals surface area contributed by atoms with Gasteiger partial charge in [-0.25, -0.2) is 4.98 Å². The zero-order valence-corrected chi connectivity index (χ0v) is 9.72. The van der Waals surface area contributed by atoms with Gasteiger partial charge in [-0.3, -0.25) is 4.98 Å². The van der Waals surface area contributed by atoms with Crippen LogP contribution in [0.25, 0.3) is 10.8 Å². The largest absolute Gasteiger partial charge is 0.398 e. The molecule has 0 saturated carbocycles. The highest BCUT2D eigenvalue weighted by Crippen LogP contribution is 2.27. The molecule has 0 atom stereocenters. The van der Waals surface area contributed by atoms with E-state index in [0.717, 1.165) is 27.8 Å². The Bertz CT molecular complexity index is 660. The fourth-order valence-electron chi connectivity index (χ4n) is 1.94. The molecular formula is C13H13N5. The summed E-state index contributed by atoms with van der Waals surface area (Å²) in [6.45, 7) is 0.696. The Labute approximate surface area is 104 Å². The molecule has 0 fully saturated rings. The number of pyridine rings is 1. The van der Waals surface area contributed by atoms with Crippen LogP contribution in [0.15, 0.2) is 43.1 Å². The number of nitrogen functional groups attached to an aromatic ring is 1. The lowest BCUT2D eigenvalue weighted by molar-refractivity contribution is 1.08. The number of fused-ring (bicyclic) bond motifs is 1. The third-order valence-electron chi connectivity index (χ3n) is 2.88. The van der Waals surface area contributed by atoms with Crippen molar-refractivity contribution in [3.8, 4) is 0 Å². The van der Waals surface area contributed by atoms with Gasteiger partial charge in [0.05, 0.1) is 18.6 Å². The number of aromatic amines is 1. The van der Waals surface area contributed by atoms with Gasteiger partial charge >= 0.3 is 0 Å². The molecule has 0 spiro atoms. The van der Waals surface area contributed by atoms with Crippen LogP contribution in [-0.2, 0) is 6.54 Å². The number of hydrogen-bond acceptors (Lipinski definition) is 4. The van der Waals surface area contributed by atoms with Crippen LogP contribution in [0, 0.1) is 0 Å². The third kappa shape index (κ3) is 1.86. The van der Waals surface area contributed by atoms with E-state index in [2.05, 4.69) is 20.3 Å². The first-order valence-corrected chi connectivity index (χ1v) is 5.68. The van der Waals surface area contributed by atoms with Gasteiger partial charge in [-0.05, 0) is 18.2 Å². The van der Waals surface area contributed by atoms with Gasteiger partial charge in [0.2, 0.25) is 0 Å². The number of rotatable bonds is 3. The van der Waals surface area contributed by atoms with Gasteiger partial charge in [-0.1, -0.05) is 0 Å².